The summed E-state index contributed by atoms with van der Waals surface area (Å²) in [6, 6.07) is 21.2. The fourth-order valence-corrected chi connectivity index (χ4v) is 4.08. The van der Waals surface area contributed by atoms with Crippen LogP contribution >= 0.6 is 0 Å². The van der Waals surface area contributed by atoms with Crippen molar-refractivity contribution < 1.29 is 23.8 Å². The molecule has 0 aromatic heterocycles. The molecule has 174 valence electrons. The Hall–Kier alpha value is -4.19. The molecule has 0 saturated heterocycles. The van der Waals surface area contributed by atoms with Crippen molar-refractivity contribution in [3.63, 3.8) is 0 Å². The van der Waals surface area contributed by atoms with E-state index in [1.54, 1.807) is 34.7 Å². The lowest BCUT2D eigenvalue weighted by Gasteiger charge is -2.20. The zero-order chi connectivity index (χ0) is 24.1. The van der Waals surface area contributed by atoms with Crippen LogP contribution < -0.4 is 23.8 Å². The van der Waals surface area contributed by atoms with Crippen molar-refractivity contribution in [2.24, 2.45) is 5.16 Å². The number of fused-ring (bicyclic) bond motifs is 1. The van der Waals surface area contributed by atoms with Gasteiger partial charge in [0, 0.05) is 22.1 Å². The fourth-order valence-electron chi connectivity index (χ4n) is 4.08. The second-order valence-corrected chi connectivity index (χ2v) is 7.61. The Balaban J connectivity index is 1.95. The van der Waals surface area contributed by atoms with Crippen LogP contribution in [0, 0.1) is 6.92 Å². The van der Waals surface area contributed by atoms with Gasteiger partial charge in [0.1, 0.15) is 23.0 Å². The van der Waals surface area contributed by atoms with E-state index in [-0.39, 0.29) is 0 Å². The summed E-state index contributed by atoms with van der Waals surface area (Å²) < 4.78 is 23.1. The summed E-state index contributed by atoms with van der Waals surface area (Å²) in [6.07, 6.45) is 1.68. The van der Waals surface area contributed by atoms with Crippen molar-refractivity contribution in [1.29, 1.82) is 0 Å². The number of ether oxygens (including phenoxy) is 4. The maximum atomic E-state index is 5.93. The number of rotatable bonds is 8. The van der Waals surface area contributed by atoms with Gasteiger partial charge >= 0.3 is 0 Å². The predicted octanol–water partition coefficient (Wildman–Crippen LogP) is 6.26. The molecule has 0 aliphatic rings. The van der Waals surface area contributed by atoms with E-state index in [1.165, 1.54) is 0 Å². The first kappa shape index (κ1) is 23.0. The molecule has 34 heavy (non-hydrogen) atoms. The van der Waals surface area contributed by atoms with E-state index in [1.807, 2.05) is 73.7 Å². The fraction of sp³-hybridized carbons (Fsp3) is 0.179. The Labute approximate surface area is 199 Å². The highest BCUT2D eigenvalue weighted by atomic mass is 16.6. The topological polar surface area (TPSA) is 58.5 Å². The molecule has 0 heterocycles. The molecule has 6 nitrogen and oxygen atoms in total. The summed E-state index contributed by atoms with van der Waals surface area (Å²) in [7, 11) is 6.57. The van der Waals surface area contributed by atoms with Crippen LogP contribution in [0.3, 0.4) is 0 Å². The lowest BCUT2D eigenvalue weighted by atomic mass is 9.93. The largest absolute Gasteiger partial charge is 0.496 e. The van der Waals surface area contributed by atoms with E-state index < -0.39 is 0 Å². The number of nitrogens with zero attached hydrogens (tertiary/aromatic N) is 1. The smallest absolute Gasteiger partial charge is 0.157 e. The van der Waals surface area contributed by atoms with Crippen LogP contribution in [0.25, 0.3) is 21.9 Å². The van der Waals surface area contributed by atoms with E-state index in [4.69, 9.17) is 23.8 Å². The third-order valence-corrected chi connectivity index (χ3v) is 5.54. The molecule has 0 saturated carbocycles. The van der Waals surface area contributed by atoms with Gasteiger partial charge in [-0.05, 0) is 48.9 Å². The molecule has 4 aromatic rings. The van der Waals surface area contributed by atoms with Gasteiger partial charge in [0.2, 0.25) is 0 Å². The minimum atomic E-state index is 0.650. The second kappa shape index (κ2) is 10.2. The molecule has 0 aliphatic heterocycles. The number of aryl methyl sites for hydroxylation is 1. The number of oxime groups is 1. The third kappa shape index (κ3) is 4.35. The Morgan fingerprint density at radius 2 is 1.44 bits per heavy atom. The van der Waals surface area contributed by atoms with Crippen LogP contribution in [0.1, 0.15) is 11.1 Å². The van der Waals surface area contributed by atoms with Gasteiger partial charge in [-0.25, -0.2) is 0 Å². The first-order chi connectivity index (χ1) is 16.6. The van der Waals surface area contributed by atoms with Crippen LogP contribution in [0.2, 0.25) is 0 Å². The average molecular weight is 458 g/mol. The number of hydrogen-bond acceptors (Lipinski definition) is 6. The molecule has 4 aromatic carbocycles. The molecule has 6 heteroatoms. The minimum absolute atomic E-state index is 0.650. The van der Waals surface area contributed by atoms with Crippen LogP contribution in [-0.2, 0) is 0 Å². The molecular weight excluding hydrogens is 430 g/mol. The van der Waals surface area contributed by atoms with Gasteiger partial charge in [-0.1, -0.05) is 35.5 Å². The van der Waals surface area contributed by atoms with E-state index in [0.29, 0.717) is 28.7 Å². The summed E-state index contributed by atoms with van der Waals surface area (Å²) >= 11 is 0. The Bertz CT molecular complexity index is 1330. The molecule has 0 aliphatic carbocycles. The van der Waals surface area contributed by atoms with Crippen LogP contribution in [0.5, 0.6) is 28.7 Å². The SMILES string of the molecule is COc1cc(C)cc(/C=N/Oc2ccccc2)c1-c1cc(OC)c2c(OC)cccc2c1OC. The van der Waals surface area contributed by atoms with Crippen molar-refractivity contribution in [1.82, 2.24) is 0 Å². The summed E-state index contributed by atoms with van der Waals surface area (Å²) in [5.41, 5.74) is 3.46. The van der Waals surface area contributed by atoms with Crippen molar-refractivity contribution in [3.05, 3.63) is 77.9 Å². The predicted molar refractivity (Wildman–Crippen MR) is 135 cm³/mol. The molecule has 0 amide bonds. The van der Waals surface area contributed by atoms with E-state index in [2.05, 4.69) is 5.16 Å². The monoisotopic (exact) mass is 457 g/mol. The number of benzene rings is 4. The number of para-hydroxylation sites is 1. The van der Waals surface area contributed by atoms with E-state index in [0.717, 1.165) is 33.0 Å². The molecular formula is C28H27NO5. The Kier molecular flexibility index (Phi) is 6.87. The highest BCUT2D eigenvalue weighted by Gasteiger charge is 2.22. The molecule has 0 spiro atoms. The Morgan fingerprint density at radius 3 is 2.12 bits per heavy atom. The lowest BCUT2D eigenvalue weighted by Crippen LogP contribution is -2.00. The number of hydrogen-bond donors (Lipinski definition) is 0. The van der Waals surface area contributed by atoms with Crippen molar-refractivity contribution in [2.75, 3.05) is 28.4 Å². The molecule has 4 rings (SSSR count). The van der Waals surface area contributed by atoms with Gasteiger partial charge in [-0.2, -0.15) is 0 Å². The van der Waals surface area contributed by atoms with Crippen molar-refractivity contribution in [3.8, 4) is 39.9 Å². The normalized spacial score (nSPS) is 11.0. The first-order valence-corrected chi connectivity index (χ1v) is 10.8. The van der Waals surface area contributed by atoms with E-state index in [9.17, 15) is 0 Å². The molecule has 0 atom stereocenters. The lowest BCUT2D eigenvalue weighted by molar-refractivity contribution is 0.344. The molecule has 0 fully saturated rings. The van der Waals surface area contributed by atoms with Gasteiger partial charge in [0.05, 0.1) is 40.0 Å². The zero-order valence-corrected chi connectivity index (χ0v) is 19.9. The van der Waals surface area contributed by atoms with Gasteiger partial charge in [0.25, 0.3) is 0 Å². The molecule has 0 N–H and O–H groups in total. The van der Waals surface area contributed by atoms with Crippen LogP contribution in [0.4, 0.5) is 0 Å². The maximum absolute atomic E-state index is 5.93. The first-order valence-electron chi connectivity index (χ1n) is 10.8. The van der Waals surface area contributed by atoms with Gasteiger partial charge in [-0.3, -0.25) is 0 Å². The quantitative estimate of drug-likeness (QED) is 0.231. The Morgan fingerprint density at radius 1 is 0.706 bits per heavy atom. The van der Waals surface area contributed by atoms with Crippen LogP contribution in [-0.4, -0.2) is 34.7 Å². The van der Waals surface area contributed by atoms with Crippen LogP contribution in [0.15, 0.2) is 71.9 Å². The summed E-state index contributed by atoms with van der Waals surface area (Å²) in [4.78, 5) is 5.57. The highest BCUT2D eigenvalue weighted by molar-refractivity contribution is 6.05. The number of methoxy groups -OCH3 is 4. The highest BCUT2D eigenvalue weighted by Crippen LogP contribution is 2.48. The molecule has 0 unspecified atom stereocenters. The summed E-state index contributed by atoms with van der Waals surface area (Å²) in [5.74, 6) is 3.37. The zero-order valence-electron chi connectivity index (χ0n) is 19.9. The average Bonchev–Trinajstić information content (AvgIpc) is 2.87. The second-order valence-electron chi connectivity index (χ2n) is 7.61. The maximum Gasteiger partial charge on any atom is 0.157 e. The minimum Gasteiger partial charge on any atom is -0.496 e. The summed E-state index contributed by atoms with van der Waals surface area (Å²) in [6.45, 7) is 2.00. The van der Waals surface area contributed by atoms with Crippen molar-refractivity contribution >= 4 is 17.0 Å². The van der Waals surface area contributed by atoms with Gasteiger partial charge < -0.3 is 23.8 Å². The summed E-state index contributed by atoms with van der Waals surface area (Å²) in [5, 5.41) is 5.93. The van der Waals surface area contributed by atoms with Gasteiger partial charge in [-0.15, -0.1) is 0 Å². The standard InChI is InChI=1S/C28H27NO5/c1-18-14-19(17-29-34-20-10-7-6-8-11-20)26(24(15-18)31-3)22-16-25(32-4)27-21(28(22)33-5)12-9-13-23(27)30-2/h6-17H,1-5H3/b29-17+. The third-order valence-electron chi connectivity index (χ3n) is 5.54. The van der Waals surface area contributed by atoms with E-state index >= 15 is 0 Å². The molecule has 0 bridgehead atoms. The molecule has 0 radical (unpaired) electrons. The van der Waals surface area contributed by atoms with Gasteiger partial charge in [0.15, 0.2) is 5.75 Å². The van der Waals surface area contributed by atoms with Crippen molar-refractivity contribution in [2.45, 2.75) is 6.92 Å².